The summed E-state index contributed by atoms with van der Waals surface area (Å²) in [6.07, 6.45) is 8.99. The van der Waals surface area contributed by atoms with Crippen molar-refractivity contribution in [3.63, 3.8) is 0 Å². The molecule has 53 heavy (non-hydrogen) atoms. The predicted octanol–water partition coefficient (Wildman–Crippen LogP) is 12.6. The van der Waals surface area contributed by atoms with E-state index in [-0.39, 0.29) is 26.5 Å². The quantitative estimate of drug-likeness (QED) is 0.107. The van der Waals surface area contributed by atoms with Crippen LogP contribution < -0.4 is 4.74 Å². The van der Waals surface area contributed by atoms with Crippen molar-refractivity contribution in [3.05, 3.63) is 119 Å². The largest absolute Gasteiger partial charge is 2.00 e. The molecule has 0 spiro atoms. The van der Waals surface area contributed by atoms with Crippen LogP contribution in [0.15, 0.2) is 78.5 Å². The van der Waals surface area contributed by atoms with Gasteiger partial charge < -0.3 is 9.30 Å². The minimum Gasteiger partial charge on any atom is -0.509 e. The normalized spacial score (nSPS) is 17.7. The molecular weight excluding hydrogens is 832 g/mol. The number of benzene rings is 3. The van der Waals surface area contributed by atoms with Crippen molar-refractivity contribution in [2.75, 3.05) is 0 Å². The standard InChI is InChI=1S/C47H54N4O.Pt/c1-11-12-15-34-20-21-48-44(24-34)50-42-17-14-13-16-40(42)41-19-18-38(28-43(41)50)52-39-26-35(29(2)3)25-37(27-39)51-33(7)46(32(6)49-51)45-30(4)22-36(23-31(45)5)47(8,9)10;/h13-14,16-22,24-26,29,31,36,45H,11-12,15,23H2,1-10H3;/q-2;+2/t31-,36-,45?;/m0./s1. The van der Waals surface area contributed by atoms with Crippen LogP contribution >= 0.6 is 0 Å². The molecule has 1 unspecified atom stereocenters. The number of para-hydroxylation sites is 1. The maximum atomic E-state index is 6.68. The topological polar surface area (TPSA) is 44.9 Å². The van der Waals surface area contributed by atoms with Crippen molar-refractivity contribution in [2.45, 2.75) is 107 Å². The second-order valence-electron chi connectivity index (χ2n) is 16.6. The molecule has 0 saturated carbocycles. The van der Waals surface area contributed by atoms with Crippen molar-refractivity contribution in [3.8, 4) is 23.0 Å². The fourth-order valence-corrected chi connectivity index (χ4v) is 8.39. The fourth-order valence-electron chi connectivity index (χ4n) is 8.39. The van der Waals surface area contributed by atoms with Crippen molar-refractivity contribution < 1.29 is 25.8 Å². The van der Waals surface area contributed by atoms with Crippen LogP contribution in [0.4, 0.5) is 0 Å². The summed E-state index contributed by atoms with van der Waals surface area (Å²) in [5.41, 5.74) is 10.7. The Kier molecular flexibility index (Phi) is 11.3. The molecule has 0 radical (unpaired) electrons. The van der Waals surface area contributed by atoms with E-state index < -0.39 is 0 Å². The summed E-state index contributed by atoms with van der Waals surface area (Å²) in [5, 5.41) is 7.45. The van der Waals surface area contributed by atoms with Gasteiger partial charge in [0.1, 0.15) is 5.82 Å². The van der Waals surface area contributed by atoms with Gasteiger partial charge in [0.15, 0.2) is 0 Å². The second-order valence-corrected chi connectivity index (χ2v) is 16.6. The van der Waals surface area contributed by atoms with E-state index in [1.807, 2.05) is 12.3 Å². The first kappa shape index (κ1) is 38.8. The Bertz CT molecular complexity index is 2280. The van der Waals surface area contributed by atoms with Gasteiger partial charge in [-0.15, -0.1) is 41.3 Å². The minimum absolute atomic E-state index is 0. The monoisotopic (exact) mass is 885 g/mol. The maximum absolute atomic E-state index is 6.68. The second kappa shape index (κ2) is 15.4. The van der Waals surface area contributed by atoms with Crippen LogP contribution in [0.1, 0.15) is 115 Å². The van der Waals surface area contributed by atoms with Gasteiger partial charge in [0, 0.05) is 40.4 Å². The van der Waals surface area contributed by atoms with Crippen LogP contribution in [-0.2, 0) is 27.5 Å². The molecule has 3 atom stereocenters. The molecule has 0 N–H and O–H groups in total. The molecule has 3 aromatic heterocycles. The zero-order valence-corrected chi connectivity index (χ0v) is 35.4. The van der Waals surface area contributed by atoms with E-state index in [2.05, 4.69) is 151 Å². The number of aromatic nitrogens is 4. The molecule has 5 nitrogen and oxygen atoms in total. The van der Waals surface area contributed by atoms with E-state index in [4.69, 9.17) is 14.8 Å². The van der Waals surface area contributed by atoms with Crippen LogP contribution in [0.25, 0.3) is 33.3 Å². The Morgan fingerprint density at radius 1 is 0.943 bits per heavy atom. The summed E-state index contributed by atoms with van der Waals surface area (Å²) in [6, 6.07) is 28.6. The summed E-state index contributed by atoms with van der Waals surface area (Å²) in [4.78, 5) is 4.84. The van der Waals surface area contributed by atoms with Crippen LogP contribution in [0.2, 0.25) is 0 Å². The van der Waals surface area contributed by atoms with Gasteiger partial charge in [-0.3, -0.25) is 4.68 Å². The molecule has 0 aliphatic heterocycles. The Morgan fingerprint density at radius 2 is 1.72 bits per heavy atom. The average Bonchev–Trinajstić information content (AvgIpc) is 3.59. The molecule has 1 aliphatic rings. The van der Waals surface area contributed by atoms with E-state index in [1.54, 1.807) is 0 Å². The summed E-state index contributed by atoms with van der Waals surface area (Å²) in [6.45, 7) is 22.9. The number of fused-ring (bicyclic) bond motifs is 3. The van der Waals surface area contributed by atoms with Crippen molar-refractivity contribution in [1.82, 2.24) is 19.3 Å². The van der Waals surface area contributed by atoms with Crippen molar-refractivity contribution in [2.24, 2.45) is 17.3 Å². The van der Waals surface area contributed by atoms with Gasteiger partial charge in [-0.05, 0) is 98.0 Å². The van der Waals surface area contributed by atoms with Crippen LogP contribution in [0, 0.1) is 43.2 Å². The molecule has 3 aromatic carbocycles. The number of unbranched alkanes of at least 4 members (excludes halogenated alkanes) is 1. The third kappa shape index (κ3) is 7.57. The molecule has 278 valence electrons. The molecular formula is C47H54N4OPt. The summed E-state index contributed by atoms with van der Waals surface area (Å²) >= 11 is 0. The Labute approximate surface area is 331 Å². The molecule has 6 heteroatoms. The molecule has 0 amide bonds. The van der Waals surface area contributed by atoms with Crippen LogP contribution in [0.5, 0.6) is 11.5 Å². The maximum Gasteiger partial charge on any atom is 2.00 e. The van der Waals surface area contributed by atoms with Gasteiger partial charge in [0.2, 0.25) is 0 Å². The van der Waals surface area contributed by atoms with E-state index in [0.717, 1.165) is 52.9 Å². The molecule has 7 rings (SSSR count). The van der Waals surface area contributed by atoms with E-state index >= 15 is 0 Å². The summed E-state index contributed by atoms with van der Waals surface area (Å²) in [7, 11) is 0. The first-order chi connectivity index (χ1) is 24.8. The summed E-state index contributed by atoms with van der Waals surface area (Å²) in [5.74, 6) is 3.95. The predicted molar refractivity (Wildman–Crippen MR) is 215 cm³/mol. The third-order valence-corrected chi connectivity index (χ3v) is 11.3. The third-order valence-electron chi connectivity index (χ3n) is 11.3. The summed E-state index contributed by atoms with van der Waals surface area (Å²) < 4.78 is 11.0. The van der Waals surface area contributed by atoms with Crippen LogP contribution in [-0.4, -0.2) is 19.3 Å². The number of hydrogen-bond donors (Lipinski definition) is 0. The van der Waals surface area contributed by atoms with Crippen LogP contribution in [0.3, 0.4) is 0 Å². The molecule has 0 fully saturated rings. The van der Waals surface area contributed by atoms with Gasteiger partial charge in [-0.2, -0.15) is 11.2 Å². The minimum atomic E-state index is 0. The van der Waals surface area contributed by atoms with E-state index in [0.29, 0.717) is 35.2 Å². The van der Waals surface area contributed by atoms with E-state index in [1.165, 1.54) is 39.8 Å². The van der Waals surface area contributed by atoms with Gasteiger partial charge in [0.05, 0.1) is 5.69 Å². The molecule has 1 aliphatic carbocycles. The number of allylic oxidation sites excluding steroid dienone is 2. The first-order valence-electron chi connectivity index (χ1n) is 19.2. The SMILES string of the molecule is CCCCc1ccnc(-n2c3[c-]c(Oc4[c-]c(-n5nc(C)c(C6C(C)=C[C@H](C(C)(C)C)C[C@@H]6C)c5C)cc(C(C)C)c4)ccc3c3ccccc32)c1.[Pt+2]. The van der Waals surface area contributed by atoms with Crippen molar-refractivity contribution >= 4 is 21.8 Å². The zero-order valence-electron chi connectivity index (χ0n) is 33.1. The Balaban J connectivity index is 0.00000481. The molecule has 3 heterocycles. The smallest absolute Gasteiger partial charge is 0.509 e. The number of pyridine rings is 1. The van der Waals surface area contributed by atoms with Gasteiger partial charge in [0.25, 0.3) is 0 Å². The zero-order chi connectivity index (χ0) is 36.9. The average molecular weight is 886 g/mol. The first-order valence-corrected chi connectivity index (χ1v) is 19.2. The van der Waals surface area contributed by atoms with Gasteiger partial charge in [-0.25, -0.2) is 4.98 Å². The van der Waals surface area contributed by atoms with E-state index in [9.17, 15) is 0 Å². The molecule has 6 aromatic rings. The molecule has 0 bridgehead atoms. The Hall–Kier alpha value is -3.95. The van der Waals surface area contributed by atoms with Crippen molar-refractivity contribution in [1.29, 1.82) is 0 Å². The number of nitrogens with zero attached hydrogens (tertiary/aromatic N) is 4. The number of aryl methyl sites for hydroxylation is 2. The van der Waals surface area contributed by atoms with Gasteiger partial charge in [-0.1, -0.05) is 90.3 Å². The van der Waals surface area contributed by atoms with Gasteiger partial charge >= 0.3 is 21.1 Å². The number of rotatable bonds is 9. The Morgan fingerprint density at radius 3 is 2.43 bits per heavy atom. The molecule has 0 saturated heterocycles. The number of hydrogen-bond acceptors (Lipinski definition) is 3. The number of ether oxygens (including phenoxy) is 1. The fraction of sp³-hybridized carbons (Fsp3) is 0.404.